The Kier molecular flexibility index (Phi) is 5.18. The van der Waals surface area contributed by atoms with Crippen molar-refractivity contribution in [3.63, 3.8) is 0 Å². The van der Waals surface area contributed by atoms with Crippen molar-refractivity contribution in [2.75, 3.05) is 6.54 Å². The van der Waals surface area contributed by atoms with E-state index in [0.717, 1.165) is 18.9 Å². The van der Waals surface area contributed by atoms with Gasteiger partial charge < -0.3 is 9.88 Å². The lowest BCUT2D eigenvalue weighted by Crippen LogP contribution is -2.26. The fourth-order valence-corrected chi connectivity index (χ4v) is 2.83. The minimum atomic E-state index is 0.321. The summed E-state index contributed by atoms with van der Waals surface area (Å²) in [5.74, 6) is 1.60. The first-order valence-corrected chi connectivity index (χ1v) is 7.84. The first-order valence-electron chi connectivity index (χ1n) is 7.84. The molecule has 3 nitrogen and oxygen atoms in total. The van der Waals surface area contributed by atoms with Crippen LogP contribution < -0.4 is 5.32 Å². The average molecular weight is 285 g/mol. The molecule has 0 spiro atoms. The molecular weight excluding hydrogens is 258 g/mol. The van der Waals surface area contributed by atoms with Crippen LogP contribution in [0.4, 0.5) is 0 Å². The van der Waals surface area contributed by atoms with Crippen molar-refractivity contribution < 1.29 is 0 Å². The Balaban J connectivity index is 2.31. The average Bonchev–Trinajstić information content (AvgIpc) is 2.89. The minimum absolute atomic E-state index is 0.321. The number of hydrogen-bond acceptors (Lipinski definition) is 2. The number of hydrogen-bond donors (Lipinski definition) is 1. The first-order chi connectivity index (χ1) is 10.0. The summed E-state index contributed by atoms with van der Waals surface area (Å²) >= 11 is 0. The largest absolute Gasteiger partial charge is 0.333 e. The van der Waals surface area contributed by atoms with Crippen LogP contribution in [0.1, 0.15) is 55.2 Å². The molecular formula is C18H27N3. The van der Waals surface area contributed by atoms with Gasteiger partial charge in [0.1, 0.15) is 5.82 Å². The maximum absolute atomic E-state index is 4.50. The van der Waals surface area contributed by atoms with Crippen LogP contribution in [0.25, 0.3) is 0 Å². The van der Waals surface area contributed by atoms with Gasteiger partial charge in [-0.3, -0.25) is 0 Å². The highest BCUT2D eigenvalue weighted by Crippen LogP contribution is 2.23. The summed E-state index contributed by atoms with van der Waals surface area (Å²) in [6, 6.07) is 7.01. The van der Waals surface area contributed by atoms with Crippen molar-refractivity contribution >= 4 is 0 Å². The second kappa shape index (κ2) is 6.90. The third kappa shape index (κ3) is 3.73. The quantitative estimate of drug-likeness (QED) is 0.870. The van der Waals surface area contributed by atoms with E-state index in [0.29, 0.717) is 12.0 Å². The maximum atomic E-state index is 4.50. The van der Waals surface area contributed by atoms with E-state index in [9.17, 15) is 0 Å². The van der Waals surface area contributed by atoms with E-state index in [4.69, 9.17) is 0 Å². The summed E-state index contributed by atoms with van der Waals surface area (Å²) in [6.07, 6.45) is 3.99. The molecule has 1 aromatic heterocycles. The SMILES string of the molecule is CCNC(Cn1ccnc1C(C)C)c1cc(C)ccc1C. The molecule has 0 aliphatic carbocycles. The summed E-state index contributed by atoms with van der Waals surface area (Å²) in [4.78, 5) is 4.50. The van der Waals surface area contributed by atoms with Crippen LogP contribution in [0.5, 0.6) is 0 Å². The standard InChI is InChI=1S/C18H27N3/c1-6-19-17(16-11-14(4)7-8-15(16)5)12-21-10-9-20-18(21)13(2)3/h7-11,13,17,19H,6,12H2,1-5H3. The molecule has 0 aliphatic heterocycles. The Labute approximate surface area is 128 Å². The lowest BCUT2D eigenvalue weighted by molar-refractivity contribution is 0.458. The van der Waals surface area contributed by atoms with Crippen molar-refractivity contribution in [1.29, 1.82) is 0 Å². The predicted molar refractivity (Wildman–Crippen MR) is 88.6 cm³/mol. The van der Waals surface area contributed by atoms with Gasteiger partial charge in [-0.1, -0.05) is 44.5 Å². The van der Waals surface area contributed by atoms with Crippen LogP contribution >= 0.6 is 0 Å². The molecule has 2 aromatic rings. The van der Waals surface area contributed by atoms with E-state index in [1.54, 1.807) is 0 Å². The molecule has 1 N–H and O–H groups in total. The van der Waals surface area contributed by atoms with E-state index < -0.39 is 0 Å². The smallest absolute Gasteiger partial charge is 0.111 e. The number of rotatable bonds is 6. The summed E-state index contributed by atoms with van der Waals surface area (Å²) in [5, 5.41) is 3.62. The van der Waals surface area contributed by atoms with Gasteiger partial charge >= 0.3 is 0 Å². The molecule has 0 radical (unpaired) electrons. The molecule has 0 aliphatic rings. The fourth-order valence-electron chi connectivity index (χ4n) is 2.83. The Bertz CT molecular complexity index is 584. The van der Waals surface area contributed by atoms with Gasteiger partial charge in [-0.2, -0.15) is 0 Å². The zero-order valence-corrected chi connectivity index (χ0v) is 13.9. The highest BCUT2D eigenvalue weighted by atomic mass is 15.1. The third-order valence-electron chi connectivity index (χ3n) is 3.90. The van der Waals surface area contributed by atoms with E-state index in [1.807, 2.05) is 6.20 Å². The molecule has 0 bridgehead atoms. The Morgan fingerprint density at radius 3 is 2.67 bits per heavy atom. The number of nitrogens with one attached hydrogen (secondary N) is 1. The molecule has 0 amide bonds. The molecule has 0 saturated carbocycles. The van der Waals surface area contributed by atoms with E-state index >= 15 is 0 Å². The highest BCUT2D eigenvalue weighted by Gasteiger charge is 2.16. The molecule has 2 rings (SSSR count). The number of aromatic nitrogens is 2. The lowest BCUT2D eigenvalue weighted by Gasteiger charge is -2.23. The van der Waals surface area contributed by atoms with E-state index in [-0.39, 0.29) is 0 Å². The van der Waals surface area contributed by atoms with Gasteiger partial charge in [0, 0.05) is 24.9 Å². The van der Waals surface area contributed by atoms with E-state index in [1.165, 1.54) is 16.7 Å². The van der Waals surface area contributed by atoms with Crippen LogP contribution in [0.2, 0.25) is 0 Å². The Morgan fingerprint density at radius 2 is 2.00 bits per heavy atom. The van der Waals surface area contributed by atoms with Gasteiger partial charge in [0.25, 0.3) is 0 Å². The zero-order valence-electron chi connectivity index (χ0n) is 13.9. The fraction of sp³-hybridized carbons (Fsp3) is 0.500. The molecule has 1 aromatic carbocycles. The number of nitrogens with zero attached hydrogens (tertiary/aromatic N) is 2. The van der Waals surface area contributed by atoms with Crippen LogP contribution in [0.3, 0.4) is 0 Å². The predicted octanol–water partition coefficient (Wildman–Crippen LogP) is 3.97. The van der Waals surface area contributed by atoms with Gasteiger partial charge in [0.15, 0.2) is 0 Å². The summed E-state index contributed by atoms with van der Waals surface area (Å²) < 4.78 is 2.28. The Morgan fingerprint density at radius 1 is 1.24 bits per heavy atom. The summed E-state index contributed by atoms with van der Waals surface area (Å²) in [6.45, 7) is 12.8. The van der Waals surface area contributed by atoms with Gasteiger partial charge in [-0.25, -0.2) is 4.98 Å². The topological polar surface area (TPSA) is 29.9 Å². The number of aryl methyl sites for hydroxylation is 2. The molecule has 1 unspecified atom stereocenters. The number of imidazole rings is 1. The molecule has 3 heteroatoms. The van der Waals surface area contributed by atoms with Gasteiger partial charge in [0.2, 0.25) is 0 Å². The third-order valence-corrected chi connectivity index (χ3v) is 3.90. The van der Waals surface area contributed by atoms with Gasteiger partial charge in [-0.15, -0.1) is 0 Å². The van der Waals surface area contributed by atoms with Crippen LogP contribution in [0, 0.1) is 13.8 Å². The number of benzene rings is 1. The lowest BCUT2D eigenvalue weighted by atomic mass is 9.98. The van der Waals surface area contributed by atoms with Crippen molar-refractivity contribution in [3.05, 3.63) is 53.1 Å². The highest BCUT2D eigenvalue weighted by molar-refractivity contribution is 5.33. The van der Waals surface area contributed by atoms with Crippen molar-refractivity contribution in [2.24, 2.45) is 0 Å². The van der Waals surface area contributed by atoms with Crippen LogP contribution in [-0.4, -0.2) is 16.1 Å². The van der Waals surface area contributed by atoms with Gasteiger partial charge in [0.05, 0.1) is 6.04 Å². The zero-order chi connectivity index (χ0) is 15.4. The molecule has 1 atom stereocenters. The van der Waals surface area contributed by atoms with Crippen molar-refractivity contribution in [2.45, 2.75) is 53.1 Å². The van der Waals surface area contributed by atoms with Crippen LogP contribution in [-0.2, 0) is 6.54 Å². The minimum Gasteiger partial charge on any atom is -0.333 e. The molecule has 114 valence electrons. The molecule has 21 heavy (non-hydrogen) atoms. The Hall–Kier alpha value is -1.61. The van der Waals surface area contributed by atoms with Crippen molar-refractivity contribution in [1.82, 2.24) is 14.9 Å². The van der Waals surface area contributed by atoms with E-state index in [2.05, 4.69) is 73.9 Å². The molecule has 0 saturated heterocycles. The normalized spacial score (nSPS) is 12.9. The second-order valence-corrected chi connectivity index (χ2v) is 6.06. The second-order valence-electron chi connectivity index (χ2n) is 6.06. The maximum Gasteiger partial charge on any atom is 0.111 e. The summed E-state index contributed by atoms with van der Waals surface area (Å²) in [7, 11) is 0. The number of likely N-dealkylation sites (N-methyl/N-ethyl adjacent to an activating group) is 1. The first kappa shape index (κ1) is 15.8. The van der Waals surface area contributed by atoms with Gasteiger partial charge in [-0.05, 0) is 31.5 Å². The molecule has 1 heterocycles. The monoisotopic (exact) mass is 285 g/mol. The van der Waals surface area contributed by atoms with Crippen LogP contribution in [0.15, 0.2) is 30.6 Å². The summed E-state index contributed by atoms with van der Waals surface area (Å²) in [5.41, 5.74) is 4.05. The molecule has 0 fully saturated rings. The van der Waals surface area contributed by atoms with Crippen molar-refractivity contribution in [3.8, 4) is 0 Å².